The number of carbonyl (C=O) groups excluding carboxylic acids is 1. The topological polar surface area (TPSA) is 58.1 Å². The van der Waals surface area contributed by atoms with Gasteiger partial charge >= 0.3 is 0 Å². The molecule has 1 N–H and O–H groups in total. The van der Waals surface area contributed by atoms with Crippen LogP contribution in [0.15, 0.2) is 60.7 Å². The molecule has 0 fully saturated rings. The molecule has 0 aliphatic carbocycles. The van der Waals surface area contributed by atoms with Crippen LogP contribution in [0, 0.1) is 5.82 Å². The monoisotopic (exact) mass is 348 g/mol. The number of aromatic nitrogens is 2. The maximum atomic E-state index is 12.9. The van der Waals surface area contributed by atoms with Gasteiger partial charge in [-0.15, -0.1) is 10.2 Å². The summed E-state index contributed by atoms with van der Waals surface area (Å²) in [6, 6.07) is 17.5. The van der Waals surface area contributed by atoms with E-state index in [1.165, 1.54) is 17.7 Å². The van der Waals surface area contributed by atoms with Crippen molar-refractivity contribution in [2.75, 3.05) is 16.8 Å². The Labute approximate surface area is 150 Å². The fraction of sp³-hybridized carbons (Fsp3) is 0.150. The largest absolute Gasteiger partial charge is 0.365 e. The van der Waals surface area contributed by atoms with Gasteiger partial charge in [-0.3, -0.25) is 4.79 Å². The highest BCUT2D eigenvalue weighted by Gasteiger charge is 2.26. The van der Waals surface area contributed by atoms with E-state index < -0.39 is 0 Å². The average Bonchev–Trinajstić information content (AvgIpc) is 3.11. The van der Waals surface area contributed by atoms with E-state index in [0.29, 0.717) is 24.6 Å². The lowest BCUT2D eigenvalue weighted by atomic mass is 10.2. The van der Waals surface area contributed by atoms with Gasteiger partial charge in [0.05, 0.1) is 0 Å². The Bertz CT molecular complexity index is 925. The molecule has 0 saturated heterocycles. The lowest BCUT2D eigenvalue weighted by molar-refractivity contribution is 0.0983. The number of anilines is 2. The second-order valence-electron chi connectivity index (χ2n) is 6.12. The van der Waals surface area contributed by atoms with Gasteiger partial charge in [-0.25, -0.2) is 4.39 Å². The number of amides is 1. The summed E-state index contributed by atoms with van der Waals surface area (Å²) in [4.78, 5) is 14.4. The van der Waals surface area contributed by atoms with Crippen LogP contribution < -0.4 is 10.2 Å². The third kappa shape index (κ3) is 3.26. The van der Waals surface area contributed by atoms with Crippen LogP contribution in [-0.4, -0.2) is 22.6 Å². The summed E-state index contributed by atoms with van der Waals surface area (Å²) >= 11 is 0. The summed E-state index contributed by atoms with van der Waals surface area (Å²) in [5.41, 5.74) is 3.36. The minimum Gasteiger partial charge on any atom is -0.365 e. The number of hydrogen-bond donors (Lipinski definition) is 1. The number of fused-ring (bicyclic) bond motifs is 1. The van der Waals surface area contributed by atoms with E-state index in [2.05, 4.69) is 15.5 Å². The highest BCUT2D eigenvalue weighted by molar-refractivity contribution is 6.06. The number of nitrogens with zero attached hydrogens (tertiary/aromatic N) is 3. The lowest BCUT2D eigenvalue weighted by Crippen LogP contribution is -2.29. The number of nitrogens with one attached hydrogen (secondary N) is 1. The molecule has 1 aliphatic rings. The van der Waals surface area contributed by atoms with Crippen molar-refractivity contribution in [2.24, 2.45) is 0 Å². The van der Waals surface area contributed by atoms with Crippen LogP contribution in [0.3, 0.4) is 0 Å². The molecule has 0 bridgehead atoms. The molecule has 2 heterocycles. The van der Waals surface area contributed by atoms with Crippen molar-refractivity contribution in [3.8, 4) is 0 Å². The van der Waals surface area contributed by atoms with Crippen LogP contribution in [0.25, 0.3) is 0 Å². The van der Waals surface area contributed by atoms with Gasteiger partial charge in [0.15, 0.2) is 5.69 Å². The number of rotatable bonds is 4. The molecule has 130 valence electrons. The van der Waals surface area contributed by atoms with Crippen molar-refractivity contribution in [3.63, 3.8) is 0 Å². The van der Waals surface area contributed by atoms with Crippen molar-refractivity contribution >= 4 is 17.4 Å². The van der Waals surface area contributed by atoms with E-state index in [-0.39, 0.29) is 11.7 Å². The molecule has 0 saturated carbocycles. The van der Waals surface area contributed by atoms with Crippen molar-refractivity contribution < 1.29 is 9.18 Å². The van der Waals surface area contributed by atoms with Gasteiger partial charge in [0.25, 0.3) is 5.91 Å². The van der Waals surface area contributed by atoms with Crippen molar-refractivity contribution in [3.05, 3.63) is 83.3 Å². The first-order valence-electron chi connectivity index (χ1n) is 8.42. The predicted octanol–water partition coefficient (Wildman–Crippen LogP) is 3.43. The van der Waals surface area contributed by atoms with Crippen molar-refractivity contribution in [1.29, 1.82) is 0 Å². The first-order chi connectivity index (χ1) is 12.7. The smallest absolute Gasteiger partial charge is 0.278 e. The molecule has 3 aromatic rings. The molecule has 0 unspecified atom stereocenters. The molecule has 26 heavy (non-hydrogen) atoms. The van der Waals surface area contributed by atoms with E-state index in [0.717, 1.165) is 17.7 Å². The Hall–Kier alpha value is -3.28. The summed E-state index contributed by atoms with van der Waals surface area (Å²) in [7, 11) is 0. The SMILES string of the molecule is O=C(c1ccc(NCc2ccc(F)cc2)nn1)N1CCc2ccccc21. The summed E-state index contributed by atoms with van der Waals surface area (Å²) in [6.07, 6.45) is 0.854. The summed E-state index contributed by atoms with van der Waals surface area (Å²) < 4.78 is 12.9. The van der Waals surface area contributed by atoms with E-state index in [1.807, 2.05) is 24.3 Å². The minimum absolute atomic E-state index is 0.146. The molecule has 5 nitrogen and oxygen atoms in total. The van der Waals surface area contributed by atoms with Crippen LogP contribution in [0.4, 0.5) is 15.9 Å². The molecular weight excluding hydrogens is 331 g/mol. The molecule has 1 aromatic heterocycles. The van der Waals surface area contributed by atoms with E-state index in [9.17, 15) is 9.18 Å². The Balaban J connectivity index is 1.43. The number of carbonyl (C=O) groups is 1. The Morgan fingerprint density at radius 2 is 1.85 bits per heavy atom. The maximum absolute atomic E-state index is 12.9. The zero-order valence-electron chi connectivity index (χ0n) is 14.0. The van der Waals surface area contributed by atoms with E-state index in [1.54, 1.807) is 29.2 Å². The number of benzene rings is 2. The van der Waals surface area contributed by atoms with Gasteiger partial charge in [-0.1, -0.05) is 30.3 Å². The van der Waals surface area contributed by atoms with Crippen LogP contribution in [0.1, 0.15) is 21.6 Å². The fourth-order valence-corrected chi connectivity index (χ4v) is 3.02. The van der Waals surface area contributed by atoms with Gasteiger partial charge in [0.2, 0.25) is 0 Å². The molecule has 1 amide bonds. The van der Waals surface area contributed by atoms with Crippen LogP contribution >= 0.6 is 0 Å². The highest BCUT2D eigenvalue weighted by Crippen LogP contribution is 2.28. The maximum Gasteiger partial charge on any atom is 0.278 e. The van der Waals surface area contributed by atoms with Crippen molar-refractivity contribution in [1.82, 2.24) is 10.2 Å². The van der Waals surface area contributed by atoms with Crippen LogP contribution in [0.2, 0.25) is 0 Å². The van der Waals surface area contributed by atoms with Crippen LogP contribution in [-0.2, 0) is 13.0 Å². The van der Waals surface area contributed by atoms with Gasteiger partial charge in [0.1, 0.15) is 11.6 Å². The number of hydrogen-bond acceptors (Lipinski definition) is 4. The van der Waals surface area contributed by atoms with Crippen molar-refractivity contribution in [2.45, 2.75) is 13.0 Å². The molecule has 6 heteroatoms. The third-order valence-corrected chi connectivity index (χ3v) is 4.40. The quantitative estimate of drug-likeness (QED) is 0.785. The summed E-state index contributed by atoms with van der Waals surface area (Å²) in [6.45, 7) is 1.16. The molecule has 2 aromatic carbocycles. The zero-order valence-corrected chi connectivity index (χ0v) is 14.0. The molecular formula is C20H17FN4O. The minimum atomic E-state index is -0.264. The fourth-order valence-electron chi connectivity index (χ4n) is 3.02. The summed E-state index contributed by atoms with van der Waals surface area (Å²) in [5, 5.41) is 11.2. The third-order valence-electron chi connectivity index (χ3n) is 4.40. The molecule has 4 rings (SSSR count). The van der Waals surface area contributed by atoms with Gasteiger partial charge in [-0.2, -0.15) is 0 Å². The van der Waals surface area contributed by atoms with Crippen LogP contribution in [0.5, 0.6) is 0 Å². The first-order valence-corrected chi connectivity index (χ1v) is 8.42. The molecule has 1 aliphatic heterocycles. The zero-order chi connectivity index (χ0) is 17.9. The Morgan fingerprint density at radius 1 is 1.04 bits per heavy atom. The second kappa shape index (κ2) is 6.92. The van der Waals surface area contributed by atoms with E-state index >= 15 is 0 Å². The second-order valence-corrected chi connectivity index (χ2v) is 6.12. The standard InChI is InChI=1S/C20H17FN4O/c21-16-7-5-14(6-8-16)13-22-19-10-9-17(23-24-19)20(26)25-12-11-15-3-1-2-4-18(15)25/h1-10H,11-13H2,(H,22,24). The van der Waals surface area contributed by atoms with Gasteiger partial charge in [0, 0.05) is 18.8 Å². The Kier molecular flexibility index (Phi) is 4.31. The number of para-hydroxylation sites is 1. The molecule has 0 spiro atoms. The number of halogens is 1. The lowest BCUT2D eigenvalue weighted by Gasteiger charge is -2.16. The normalized spacial score (nSPS) is 12.7. The van der Waals surface area contributed by atoms with Gasteiger partial charge in [-0.05, 0) is 47.9 Å². The average molecular weight is 348 g/mol. The first kappa shape index (κ1) is 16.2. The molecule has 0 radical (unpaired) electrons. The molecule has 0 atom stereocenters. The summed E-state index contributed by atoms with van der Waals surface area (Å²) in [5.74, 6) is 0.153. The predicted molar refractivity (Wildman–Crippen MR) is 97.6 cm³/mol. The Morgan fingerprint density at radius 3 is 2.62 bits per heavy atom. The van der Waals surface area contributed by atoms with E-state index in [4.69, 9.17) is 0 Å². The highest BCUT2D eigenvalue weighted by atomic mass is 19.1. The van der Waals surface area contributed by atoms with Gasteiger partial charge < -0.3 is 10.2 Å².